The van der Waals surface area contributed by atoms with Crippen LogP contribution in [0.4, 0.5) is 5.69 Å². The maximum Gasteiger partial charge on any atom is 0.344 e. The molecule has 168 valence electrons. The lowest BCUT2D eigenvalue weighted by atomic mass is 10.1. The molecule has 32 heavy (non-hydrogen) atoms. The number of ether oxygens (including phenoxy) is 2. The zero-order valence-electron chi connectivity index (χ0n) is 18.8. The third kappa shape index (κ3) is 4.91. The summed E-state index contributed by atoms with van der Waals surface area (Å²) in [5, 5.41) is 2.59. The molecule has 0 saturated heterocycles. The third-order valence-electron chi connectivity index (χ3n) is 5.17. The molecular formula is C24H27N3O5. The number of para-hydroxylation sites is 1. The van der Waals surface area contributed by atoms with Crippen LogP contribution in [0.2, 0.25) is 0 Å². The summed E-state index contributed by atoms with van der Waals surface area (Å²) in [6.07, 6.45) is -1.10. The van der Waals surface area contributed by atoms with Crippen molar-refractivity contribution in [2.24, 2.45) is 7.05 Å². The molecule has 8 heteroatoms. The van der Waals surface area contributed by atoms with Gasteiger partial charge in [-0.25, -0.2) is 9.48 Å². The molecule has 0 bridgehead atoms. The summed E-state index contributed by atoms with van der Waals surface area (Å²) in [7, 11) is 1.73. The smallest absolute Gasteiger partial charge is 0.344 e. The van der Waals surface area contributed by atoms with Gasteiger partial charge < -0.3 is 14.8 Å². The summed E-state index contributed by atoms with van der Waals surface area (Å²) in [5.41, 5.74) is 2.91. The molecule has 1 aromatic heterocycles. The van der Waals surface area contributed by atoms with Crippen molar-refractivity contribution in [2.45, 2.75) is 33.8 Å². The van der Waals surface area contributed by atoms with Crippen molar-refractivity contribution in [3.63, 3.8) is 0 Å². The van der Waals surface area contributed by atoms with Gasteiger partial charge in [0.2, 0.25) is 0 Å². The number of rotatable bonds is 7. The van der Waals surface area contributed by atoms with Gasteiger partial charge in [-0.1, -0.05) is 30.3 Å². The molecule has 0 spiro atoms. The maximum absolute atomic E-state index is 12.9. The monoisotopic (exact) mass is 437 g/mol. The number of esters is 1. The molecule has 0 radical (unpaired) electrons. The van der Waals surface area contributed by atoms with Gasteiger partial charge in [-0.15, -0.1) is 0 Å². The zero-order chi connectivity index (χ0) is 23.4. The summed E-state index contributed by atoms with van der Waals surface area (Å²) in [5.74, 6) is -0.698. The predicted octanol–water partition coefficient (Wildman–Crippen LogP) is 3.05. The number of carbonyl (C=O) groups is 2. The van der Waals surface area contributed by atoms with Crippen molar-refractivity contribution >= 4 is 17.6 Å². The van der Waals surface area contributed by atoms with Gasteiger partial charge in [0.15, 0.2) is 12.7 Å². The standard InChI is InChI=1S/C24H27N3O5/c1-15-11-12-16(2)20(13-15)31-14-21(28)32-18(4)23(29)25-22-17(3)26(5)27(24(22)30)19-9-7-6-8-10-19/h6-13,18H,14H2,1-5H3,(H,25,29). The van der Waals surface area contributed by atoms with Crippen molar-refractivity contribution in [3.05, 3.63) is 75.7 Å². The topological polar surface area (TPSA) is 91.6 Å². The number of aromatic nitrogens is 2. The highest BCUT2D eigenvalue weighted by atomic mass is 16.6. The minimum atomic E-state index is -1.10. The van der Waals surface area contributed by atoms with Gasteiger partial charge in [0, 0.05) is 7.05 Å². The lowest BCUT2D eigenvalue weighted by Gasteiger charge is -2.14. The largest absolute Gasteiger partial charge is 0.482 e. The molecule has 0 saturated carbocycles. The highest BCUT2D eigenvalue weighted by Gasteiger charge is 2.23. The van der Waals surface area contributed by atoms with Gasteiger partial charge in [0.25, 0.3) is 11.5 Å². The molecule has 8 nitrogen and oxygen atoms in total. The number of benzene rings is 2. The van der Waals surface area contributed by atoms with Crippen LogP contribution >= 0.6 is 0 Å². The number of nitrogens with one attached hydrogen (secondary N) is 1. The van der Waals surface area contributed by atoms with Crippen LogP contribution in [0.1, 0.15) is 23.7 Å². The Hall–Kier alpha value is -3.81. The number of hydrogen-bond acceptors (Lipinski definition) is 5. The minimum Gasteiger partial charge on any atom is -0.482 e. The van der Waals surface area contributed by atoms with Gasteiger partial charge >= 0.3 is 5.97 Å². The first kappa shape index (κ1) is 22.9. The number of carbonyl (C=O) groups excluding carboxylic acids is 2. The molecule has 0 fully saturated rings. The van der Waals surface area contributed by atoms with E-state index in [1.165, 1.54) is 11.6 Å². The lowest BCUT2D eigenvalue weighted by Crippen LogP contribution is -2.33. The quantitative estimate of drug-likeness (QED) is 0.574. The van der Waals surface area contributed by atoms with Crippen molar-refractivity contribution < 1.29 is 19.1 Å². The fraction of sp³-hybridized carbons (Fsp3) is 0.292. The lowest BCUT2D eigenvalue weighted by molar-refractivity contribution is -0.155. The van der Waals surface area contributed by atoms with Crippen molar-refractivity contribution in [3.8, 4) is 11.4 Å². The molecule has 0 aliphatic rings. The first-order valence-corrected chi connectivity index (χ1v) is 10.2. The van der Waals surface area contributed by atoms with E-state index < -0.39 is 18.0 Å². The Balaban J connectivity index is 1.65. The zero-order valence-corrected chi connectivity index (χ0v) is 18.8. The van der Waals surface area contributed by atoms with E-state index >= 15 is 0 Å². The van der Waals surface area contributed by atoms with Crippen LogP contribution in [0.5, 0.6) is 5.75 Å². The summed E-state index contributed by atoms with van der Waals surface area (Å²) >= 11 is 0. The average Bonchev–Trinajstić information content (AvgIpc) is 2.98. The van der Waals surface area contributed by atoms with Crippen LogP contribution in [0.3, 0.4) is 0 Å². The molecule has 1 heterocycles. The number of anilines is 1. The highest BCUT2D eigenvalue weighted by Crippen LogP contribution is 2.19. The highest BCUT2D eigenvalue weighted by molar-refractivity contribution is 5.95. The van der Waals surface area contributed by atoms with Crippen LogP contribution in [-0.2, 0) is 21.4 Å². The number of hydrogen-bond donors (Lipinski definition) is 1. The Morgan fingerprint density at radius 3 is 2.44 bits per heavy atom. The normalized spacial score (nSPS) is 11.7. The Labute approximate surface area is 186 Å². The molecule has 1 N–H and O–H groups in total. The van der Waals surface area contributed by atoms with Crippen LogP contribution in [-0.4, -0.2) is 34.0 Å². The van der Waals surface area contributed by atoms with Gasteiger partial charge in [-0.3, -0.25) is 14.3 Å². The van der Waals surface area contributed by atoms with E-state index in [4.69, 9.17) is 9.47 Å². The van der Waals surface area contributed by atoms with Crippen LogP contribution < -0.4 is 15.6 Å². The minimum absolute atomic E-state index is 0.135. The van der Waals surface area contributed by atoms with E-state index in [0.717, 1.165) is 11.1 Å². The second-order valence-electron chi connectivity index (χ2n) is 7.62. The van der Waals surface area contributed by atoms with Crippen LogP contribution in [0, 0.1) is 20.8 Å². The van der Waals surface area contributed by atoms with Gasteiger partial charge in [0.1, 0.15) is 11.4 Å². The second-order valence-corrected chi connectivity index (χ2v) is 7.62. The molecule has 1 unspecified atom stereocenters. The van der Waals surface area contributed by atoms with E-state index in [9.17, 15) is 14.4 Å². The number of nitrogens with zero attached hydrogens (tertiary/aromatic N) is 2. The molecular weight excluding hydrogens is 410 g/mol. The first-order valence-electron chi connectivity index (χ1n) is 10.2. The Kier molecular flexibility index (Phi) is 6.82. The summed E-state index contributed by atoms with van der Waals surface area (Å²) < 4.78 is 13.8. The van der Waals surface area contributed by atoms with E-state index in [2.05, 4.69) is 5.32 Å². The van der Waals surface area contributed by atoms with E-state index in [-0.39, 0.29) is 17.9 Å². The van der Waals surface area contributed by atoms with E-state index in [1.807, 2.05) is 50.2 Å². The molecule has 2 aromatic carbocycles. The Morgan fingerprint density at radius 2 is 1.75 bits per heavy atom. The summed E-state index contributed by atoms with van der Waals surface area (Å²) in [6, 6.07) is 14.8. The van der Waals surface area contributed by atoms with E-state index in [0.29, 0.717) is 17.1 Å². The first-order chi connectivity index (χ1) is 15.2. The van der Waals surface area contributed by atoms with E-state index in [1.54, 1.807) is 30.8 Å². The van der Waals surface area contributed by atoms with Crippen LogP contribution in [0.25, 0.3) is 5.69 Å². The Bertz CT molecular complexity index is 1190. The predicted molar refractivity (Wildman–Crippen MR) is 121 cm³/mol. The molecule has 0 aliphatic carbocycles. The molecule has 3 rings (SSSR count). The van der Waals surface area contributed by atoms with Crippen molar-refractivity contribution in [2.75, 3.05) is 11.9 Å². The van der Waals surface area contributed by atoms with Crippen LogP contribution in [0.15, 0.2) is 53.3 Å². The number of amides is 1. The average molecular weight is 437 g/mol. The van der Waals surface area contributed by atoms with Gasteiger partial charge in [0.05, 0.1) is 11.4 Å². The Morgan fingerprint density at radius 1 is 1.06 bits per heavy atom. The van der Waals surface area contributed by atoms with Crippen molar-refractivity contribution in [1.82, 2.24) is 9.36 Å². The summed E-state index contributed by atoms with van der Waals surface area (Å²) in [4.78, 5) is 37.7. The van der Waals surface area contributed by atoms with Gasteiger partial charge in [-0.05, 0) is 57.0 Å². The maximum atomic E-state index is 12.9. The summed E-state index contributed by atoms with van der Waals surface area (Å²) in [6.45, 7) is 6.65. The fourth-order valence-corrected chi connectivity index (χ4v) is 3.22. The third-order valence-corrected chi connectivity index (χ3v) is 5.17. The van der Waals surface area contributed by atoms with Crippen molar-refractivity contribution in [1.29, 1.82) is 0 Å². The molecule has 3 aromatic rings. The number of aryl methyl sites for hydroxylation is 2. The fourth-order valence-electron chi connectivity index (χ4n) is 3.22. The molecule has 0 aliphatic heterocycles. The molecule has 1 amide bonds. The molecule has 1 atom stereocenters. The van der Waals surface area contributed by atoms with Gasteiger partial charge in [-0.2, -0.15) is 0 Å². The SMILES string of the molecule is Cc1ccc(C)c(OCC(=O)OC(C)C(=O)Nc2c(C)n(C)n(-c3ccccc3)c2=O)c1. The second kappa shape index (κ2) is 9.55.